The molecule has 0 amide bonds. The van der Waals surface area contributed by atoms with Crippen LogP contribution >= 0.6 is 0 Å². The zero-order valence-corrected chi connectivity index (χ0v) is 9.37. The van der Waals surface area contributed by atoms with E-state index in [0.29, 0.717) is 18.2 Å². The van der Waals surface area contributed by atoms with Crippen molar-refractivity contribution < 1.29 is 41.3 Å². The monoisotopic (exact) mass is 296 g/mol. The van der Waals surface area contributed by atoms with E-state index >= 15 is 0 Å². The molecule has 1 atom stereocenters. The minimum absolute atomic E-state index is 0.350. The number of alkyl halides is 3. The molecule has 4 nitrogen and oxygen atoms in total. The molecule has 9 heteroatoms. The lowest BCUT2D eigenvalue weighted by atomic mass is 10.1. The van der Waals surface area contributed by atoms with Gasteiger partial charge in [0.25, 0.3) is 6.10 Å². The summed E-state index contributed by atoms with van der Waals surface area (Å²) in [4.78, 5) is 10.4. The highest BCUT2D eigenvalue weighted by molar-refractivity contribution is 5.67. The number of benzene rings is 1. The van der Waals surface area contributed by atoms with E-state index in [0.717, 1.165) is 0 Å². The number of carboxylic acid groups (broad SMARTS) is 1. The second kappa shape index (κ2) is 4.66. The number of halogens is 5. The second-order valence-corrected chi connectivity index (χ2v) is 3.76. The van der Waals surface area contributed by atoms with Crippen LogP contribution in [-0.4, -0.2) is 23.5 Å². The highest BCUT2D eigenvalue weighted by Crippen LogP contribution is 2.39. The third-order valence-electron chi connectivity index (χ3n) is 2.33. The Morgan fingerprint density at radius 1 is 1.30 bits per heavy atom. The van der Waals surface area contributed by atoms with Gasteiger partial charge in [0, 0.05) is 11.6 Å². The average Bonchev–Trinajstić information content (AvgIpc) is 2.25. The maximum atomic E-state index is 13.4. The number of fused-ring (bicyclic) bond motifs is 1. The zero-order chi connectivity index (χ0) is 15.1. The summed E-state index contributed by atoms with van der Waals surface area (Å²) in [6, 6.07) is 1.04. The first kappa shape index (κ1) is 14.1. The van der Waals surface area contributed by atoms with Crippen molar-refractivity contribution in [2.75, 3.05) is 0 Å². The fourth-order valence-corrected chi connectivity index (χ4v) is 1.63. The van der Waals surface area contributed by atoms with Crippen molar-refractivity contribution in [3.05, 3.63) is 35.1 Å². The van der Waals surface area contributed by atoms with Crippen molar-refractivity contribution in [3.8, 4) is 5.75 Å². The Hall–Kier alpha value is -2.32. The Morgan fingerprint density at radius 3 is 2.50 bits per heavy atom. The van der Waals surface area contributed by atoms with Crippen molar-refractivity contribution in [2.45, 2.75) is 12.3 Å². The van der Waals surface area contributed by atoms with E-state index in [1.54, 1.807) is 0 Å². The average molecular weight is 296 g/mol. The molecule has 0 fully saturated rings. The van der Waals surface area contributed by atoms with Crippen LogP contribution in [0.4, 0.5) is 26.7 Å². The zero-order valence-electron chi connectivity index (χ0n) is 9.37. The summed E-state index contributed by atoms with van der Waals surface area (Å²) in [5, 5.41) is 8.37. The van der Waals surface area contributed by atoms with Gasteiger partial charge in [0.2, 0.25) is 0 Å². The van der Waals surface area contributed by atoms with Gasteiger partial charge in [-0.15, -0.1) is 0 Å². The Morgan fingerprint density at radius 2 is 1.95 bits per heavy atom. The van der Waals surface area contributed by atoms with Crippen molar-refractivity contribution in [1.82, 2.24) is 0 Å². The van der Waals surface area contributed by atoms with Gasteiger partial charge in [-0.25, -0.2) is 13.6 Å². The summed E-state index contributed by atoms with van der Waals surface area (Å²) < 4.78 is 72.8. The summed E-state index contributed by atoms with van der Waals surface area (Å²) >= 11 is 0. The molecule has 1 aromatic rings. The van der Waals surface area contributed by atoms with E-state index in [2.05, 4.69) is 9.47 Å². The second-order valence-electron chi connectivity index (χ2n) is 3.76. The molecule has 0 aromatic heterocycles. The quantitative estimate of drug-likeness (QED) is 0.638. The molecule has 1 unspecified atom stereocenters. The smallest absolute Gasteiger partial charge is 0.469 e. The van der Waals surface area contributed by atoms with Crippen LogP contribution in [-0.2, 0) is 4.74 Å². The molecule has 1 aliphatic heterocycles. The largest absolute Gasteiger partial charge is 0.511 e. The predicted octanol–water partition coefficient (Wildman–Crippen LogP) is 3.32. The van der Waals surface area contributed by atoms with Crippen LogP contribution in [0.15, 0.2) is 17.9 Å². The van der Waals surface area contributed by atoms with Crippen LogP contribution in [0.3, 0.4) is 0 Å². The van der Waals surface area contributed by atoms with E-state index < -0.39 is 41.6 Å². The lowest BCUT2D eigenvalue weighted by Gasteiger charge is -2.27. The summed E-state index contributed by atoms with van der Waals surface area (Å²) in [7, 11) is 0. The fourth-order valence-electron chi connectivity index (χ4n) is 1.63. The first-order valence-electron chi connectivity index (χ1n) is 5.03. The maximum absolute atomic E-state index is 13.4. The standard InChI is InChI=1S/C11H5F5O4/c12-5-1-4-2-7(19-10(17)18)9(11(14,15)16)20-8(4)6(13)3-5/h1-3,9H,(H,17,18). The van der Waals surface area contributed by atoms with Gasteiger partial charge in [0.05, 0.1) is 0 Å². The molecule has 0 saturated heterocycles. The number of carbonyl (C=O) groups is 1. The van der Waals surface area contributed by atoms with Crippen molar-refractivity contribution >= 4 is 12.2 Å². The summed E-state index contributed by atoms with van der Waals surface area (Å²) in [6.07, 6.45) is -9.25. The molecule has 0 radical (unpaired) electrons. The van der Waals surface area contributed by atoms with Crippen LogP contribution in [0.5, 0.6) is 5.75 Å². The minimum Gasteiger partial charge on any atom is -0.469 e. The molecule has 2 rings (SSSR count). The van der Waals surface area contributed by atoms with Gasteiger partial charge in [0.1, 0.15) is 5.82 Å². The van der Waals surface area contributed by atoms with Gasteiger partial charge < -0.3 is 14.6 Å². The normalized spacial score (nSPS) is 17.9. The summed E-state index contributed by atoms with van der Waals surface area (Å²) in [5.41, 5.74) is -0.390. The lowest BCUT2D eigenvalue weighted by molar-refractivity contribution is -0.192. The van der Waals surface area contributed by atoms with Gasteiger partial charge in [-0.05, 0) is 12.1 Å². The number of ether oxygens (including phenoxy) is 2. The maximum Gasteiger partial charge on any atom is 0.511 e. The molecular formula is C11H5F5O4. The van der Waals surface area contributed by atoms with E-state index in [1.807, 2.05) is 0 Å². The first-order valence-corrected chi connectivity index (χ1v) is 5.03. The Kier molecular flexibility index (Phi) is 3.28. The van der Waals surface area contributed by atoms with Crippen LogP contribution in [0.1, 0.15) is 5.56 Å². The predicted molar refractivity (Wildman–Crippen MR) is 53.9 cm³/mol. The van der Waals surface area contributed by atoms with Crippen molar-refractivity contribution in [3.63, 3.8) is 0 Å². The van der Waals surface area contributed by atoms with E-state index in [4.69, 9.17) is 5.11 Å². The topological polar surface area (TPSA) is 55.8 Å². The molecule has 108 valence electrons. The van der Waals surface area contributed by atoms with Crippen LogP contribution in [0, 0.1) is 11.6 Å². The summed E-state index contributed by atoms with van der Waals surface area (Å²) in [5.74, 6) is -4.34. The van der Waals surface area contributed by atoms with E-state index in [1.165, 1.54) is 0 Å². The SMILES string of the molecule is O=C(O)OC1=Cc2cc(F)cc(F)c2OC1C(F)(F)F. The first-order chi connectivity index (χ1) is 9.18. The van der Waals surface area contributed by atoms with Crippen LogP contribution in [0.25, 0.3) is 6.08 Å². The van der Waals surface area contributed by atoms with Crippen LogP contribution in [0.2, 0.25) is 0 Å². The van der Waals surface area contributed by atoms with Gasteiger partial charge in [-0.2, -0.15) is 13.2 Å². The Bertz CT molecular complexity index is 593. The molecule has 1 N–H and O–H groups in total. The third-order valence-corrected chi connectivity index (χ3v) is 2.33. The molecular weight excluding hydrogens is 291 g/mol. The molecule has 0 aliphatic carbocycles. The van der Waals surface area contributed by atoms with Gasteiger partial charge in [-0.3, -0.25) is 0 Å². The highest BCUT2D eigenvalue weighted by Gasteiger charge is 2.48. The number of hydrogen-bond donors (Lipinski definition) is 1. The molecule has 1 heterocycles. The Balaban J connectivity index is 2.53. The Labute approximate surface area is 108 Å². The fraction of sp³-hybridized carbons (Fsp3) is 0.182. The molecule has 0 saturated carbocycles. The highest BCUT2D eigenvalue weighted by atomic mass is 19.4. The van der Waals surface area contributed by atoms with Crippen molar-refractivity contribution in [1.29, 1.82) is 0 Å². The lowest BCUT2D eigenvalue weighted by Crippen LogP contribution is -2.39. The van der Waals surface area contributed by atoms with Gasteiger partial charge >= 0.3 is 12.3 Å². The molecule has 0 spiro atoms. The minimum atomic E-state index is -5.03. The molecule has 1 aliphatic rings. The van der Waals surface area contributed by atoms with Crippen molar-refractivity contribution in [2.24, 2.45) is 0 Å². The summed E-state index contributed by atoms with van der Waals surface area (Å²) in [6.45, 7) is 0. The molecule has 1 aromatic carbocycles. The van der Waals surface area contributed by atoms with E-state index in [9.17, 15) is 26.7 Å². The van der Waals surface area contributed by atoms with Gasteiger partial charge in [0.15, 0.2) is 17.3 Å². The van der Waals surface area contributed by atoms with Crippen LogP contribution < -0.4 is 4.74 Å². The van der Waals surface area contributed by atoms with E-state index in [-0.39, 0.29) is 5.56 Å². The molecule has 0 bridgehead atoms. The third kappa shape index (κ3) is 2.65. The van der Waals surface area contributed by atoms with Gasteiger partial charge in [-0.1, -0.05) is 0 Å². The number of rotatable bonds is 1. The molecule has 20 heavy (non-hydrogen) atoms. The number of hydrogen-bond acceptors (Lipinski definition) is 3.